The lowest BCUT2D eigenvalue weighted by Gasteiger charge is -2.25. The number of hydrogen-bond donors (Lipinski definition) is 0. The highest BCUT2D eigenvalue weighted by molar-refractivity contribution is 14.1. The van der Waals surface area contributed by atoms with Crippen LogP contribution >= 0.6 is 22.6 Å². The van der Waals surface area contributed by atoms with Crippen molar-refractivity contribution in [2.24, 2.45) is 5.92 Å². The molecule has 2 heterocycles. The molecular formula is C14H19IO7. The van der Waals surface area contributed by atoms with Gasteiger partial charge in [-0.15, -0.1) is 0 Å². The van der Waals surface area contributed by atoms with E-state index in [1.807, 2.05) is 0 Å². The van der Waals surface area contributed by atoms with E-state index in [1.165, 1.54) is 0 Å². The number of halogens is 1. The van der Waals surface area contributed by atoms with Gasteiger partial charge in [-0.1, -0.05) is 6.58 Å². The van der Waals surface area contributed by atoms with Gasteiger partial charge in [-0.2, -0.15) is 0 Å². The first-order chi connectivity index (χ1) is 10.4. The van der Waals surface area contributed by atoms with E-state index in [2.05, 4.69) is 6.58 Å². The van der Waals surface area contributed by atoms with E-state index in [0.717, 1.165) is 0 Å². The molecule has 2 fully saturated rings. The highest BCUT2D eigenvalue weighted by Gasteiger charge is 2.44. The zero-order valence-corrected chi connectivity index (χ0v) is 14.6. The van der Waals surface area contributed by atoms with Gasteiger partial charge in [0.1, 0.15) is 0 Å². The predicted molar refractivity (Wildman–Crippen MR) is 83.2 cm³/mol. The molecule has 0 aromatic rings. The number of esters is 1. The third-order valence-electron chi connectivity index (χ3n) is 3.46. The molecule has 4 unspecified atom stereocenters. The van der Waals surface area contributed by atoms with Gasteiger partial charge in [-0.25, -0.2) is 4.79 Å². The molecule has 0 radical (unpaired) electrons. The number of carbonyl (C=O) groups is 2. The van der Waals surface area contributed by atoms with Crippen molar-refractivity contribution in [1.82, 2.24) is 0 Å². The van der Waals surface area contributed by atoms with E-state index in [0.29, 0.717) is 13.2 Å². The molecule has 0 aliphatic carbocycles. The van der Waals surface area contributed by atoms with E-state index in [9.17, 15) is 9.59 Å². The van der Waals surface area contributed by atoms with Crippen molar-refractivity contribution in [3.8, 4) is 0 Å². The molecule has 0 bridgehead atoms. The lowest BCUT2D eigenvalue weighted by atomic mass is 9.92. The summed E-state index contributed by atoms with van der Waals surface area (Å²) in [7, 11) is 0. The monoisotopic (exact) mass is 426 g/mol. The fourth-order valence-electron chi connectivity index (χ4n) is 2.45. The zero-order valence-electron chi connectivity index (χ0n) is 12.5. The van der Waals surface area contributed by atoms with Gasteiger partial charge < -0.3 is 23.7 Å². The Bertz CT molecular complexity index is 432. The smallest absolute Gasteiger partial charge is 0.344 e. The van der Waals surface area contributed by atoms with Crippen LogP contribution in [0, 0.1) is 5.92 Å². The van der Waals surface area contributed by atoms with Gasteiger partial charge in [0.2, 0.25) is 0 Å². The second kappa shape index (κ2) is 7.82. The molecule has 0 aromatic heterocycles. The Kier molecular flexibility index (Phi) is 6.33. The highest BCUT2D eigenvalue weighted by Crippen LogP contribution is 2.28. The summed E-state index contributed by atoms with van der Waals surface area (Å²) in [4.78, 5) is 23.9. The Balaban J connectivity index is 2.01. The average molecular weight is 426 g/mol. The second-order valence-electron chi connectivity index (χ2n) is 5.12. The maximum atomic E-state index is 12.5. The van der Waals surface area contributed by atoms with Gasteiger partial charge in [-0.3, -0.25) is 4.79 Å². The maximum Gasteiger partial charge on any atom is 0.344 e. The van der Waals surface area contributed by atoms with Crippen LogP contribution in [0.1, 0.15) is 13.8 Å². The fourth-order valence-corrected chi connectivity index (χ4v) is 2.61. The Morgan fingerprint density at radius 2 is 1.68 bits per heavy atom. The first-order valence-electron chi connectivity index (χ1n) is 6.97. The normalized spacial score (nSPS) is 32.7. The lowest BCUT2D eigenvalue weighted by molar-refractivity contribution is -0.150. The average Bonchev–Trinajstić information content (AvgIpc) is 3.06. The molecule has 0 N–H and O–H groups in total. The Morgan fingerprint density at radius 3 is 2.05 bits per heavy atom. The van der Waals surface area contributed by atoms with Crippen molar-refractivity contribution in [2.45, 2.75) is 38.6 Å². The summed E-state index contributed by atoms with van der Waals surface area (Å²) in [5.74, 6) is -1.50. The van der Waals surface area contributed by atoms with Crippen molar-refractivity contribution < 1.29 is 33.3 Å². The first kappa shape index (κ1) is 17.8. The maximum absolute atomic E-state index is 12.5. The van der Waals surface area contributed by atoms with Crippen molar-refractivity contribution in [2.75, 3.05) is 19.8 Å². The SMILES string of the molecule is C=C(I)C(=O)OCC(=O)C(C1COC(C)O1)C1COC(C)O1. The molecule has 7 nitrogen and oxygen atoms in total. The van der Waals surface area contributed by atoms with Gasteiger partial charge in [-0.05, 0) is 36.4 Å². The first-order valence-corrected chi connectivity index (χ1v) is 8.04. The van der Waals surface area contributed by atoms with E-state index in [1.54, 1.807) is 36.4 Å². The summed E-state index contributed by atoms with van der Waals surface area (Å²) >= 11 is 1.74. The minimum absolute atomic E-state index is 0.213. The summed E-state index contributed by atoms with van der Waals surface area (Å²) in [5.41, 5.74) is 0. The number of ketones is 1. The van der Waals surface area contributed by atoms with Crippen molar-refractivity contribution in [3.63, 3.8) is 0 Å². The third kappa shape index (κ3) is 4.48. The zero-order chi connectivity index (χ0) is 16.3. The number of Topliss-reactive ketones (excluding diaryl/α,β-unsaturated/α-hetero) is 1. The van der Waals surface area contributed by atoms with E-state index >= 15 is 0 Å². The molecule has 124 valence electrons. The fraction of sp³-hybridized carbons (Fsp3) is 0.714. The minimum atomic E-state index is -0.610. The Morgan fingerprint density at radius 1 is 1.18 bits per heavy atom. The molecule has 0 aromatic carbocycles. The van der Waals surface area contributed by atoms with Crippen molar-refractivity contribution >= 4 is 34.3 Å². The molecule has 2 aliphatic rings. The highest BCUT2D eigenvalue weighted by atomic mass is 127. The third-order valence-corrected chi connectivity index (χ3v) is 3.90. The quantitative estimate of drug-likeness (QED) is 0.359. The molecule has 0 spiro atoms. The summed E-state index contributed by atoms with van der Waals surface area (Å²) in [6.45, 7) is 7.21. The van der Waals surface area contributed by atoms with Crippen LogP contribution in [-0.4, -0.2) is 56.4 Å². The van der Waals surface area contributed by atoms with Crippen LogP contribution in [0.15, 0.2) is 10.2 Å². The number of ether oxygens (including phenoxy) is 5. The van der Waals surface area contributed by atoms with Gasteiger partial charge in [0, 0.05) is 0 Å². The molecule has 8 heteroatoms. The number of hydrogen-bond acceptors (Lipinski definition) is 7. The Labute approximate surface area is 142 Å². The molecule has 0 amide bonds. The minimum Gasteiger partial charge on any atom is -0.454 e. The molecular weight excluding hydrogens is 407 g/mol. The lowest BCUT2D eigenvalue weighted by Crippen LogP contribution is -2.43. The molecule has 22 heavy (non-hydrogen) atoms. The largest absolute Gasteiger partial charge is 0.454 e. The van der Waals surface area contributed by atoms with Crippen LogP contribution in [0.3, 0.4) is 0 Å². The van der Waals surface area contributed by atoms with Crippen molar-refractivity contribution in [1.29, 1.82) is 0 Å². The Hall–Kier alpha value is -0.550. The number of rotatable bonds is 6. The summed E-state index contributed by atoms with van der Waals surface area (Å²) in [5, 5.41) is 0. The van der Waals surface area contributed by atoms with Gasteiger partial charge in [0.25, 0.3) is 0 Å². The molecule has 2 aliphatic heterocycles. The standard InChI is InChI=1S/C14H19IO7/c1-7(15)14(17)20-4-10(16)13(11-5-18-8(2)21-11)12-6-19-9(3)22-12/h8-9,11-13H,1,4-6H2,2-3H3. The molecule has 2 rings (SSSR count). The summed E-state index contributed by atoms with van der Waals surface area (Å²) in [6, 6.07) is 0. The van der Waals surface area contributed by atoms with Crippen LogP contribution < -0.4 is 0 Å². The second-order valence-corrected chi connectivity index (χ2v) is 6.43. The van der Waals surface area contributed by atoms with Crippen LogP contribution in [-0.2, 0) is 33.3 Å². The van der Waals surface area contributed by atoms with Gasteiger partial charge in [0.05, 0.1) is 34.9 Å². The topological polar surface area (TPSA) is 80.3 Å². The van der Waals surface area contributed by atoms with Crippen molar-refractivity contribution in [3.05, 3.63) is 10.2 Å². The number of carbonyl (C=O) groups excluding carboxylic acids is 2. The van der Waals surface area contributed by atoms with Gasteiger partial charge in [0.15, 0.2) is 25.0 Å². The van der Waals surface area contributed by atoms with Crippen LogP contribution in [0.2, 0.25) is 0 Å². The summed E-state index contributed by atoms with van der Waals surface area (Å²) < 4.78 is 27.1. The van der Waals surface area contributed by atoms with E-state index in [-0.39, 0.29) is 28.6 Å². The molecule has 4 atom stereocenters. The molecule has 2 saturated heterocycles. The summed E-state index contributed by atoms with van der Waals surface area (Å²) in [6.07, 6.45) is -1.64. The van der Waals surface area contributed by atoms with E-state index < -0.39 is 24.1 Å². The molecule has 0 saturated carbocycles. The van der Waals surface area contributed by atoms with E-state index in [4.69, 9.17) is 23.7 Å². The van der Waals surface area contributed by atoms with Crippen LogP contribution in [0.4, 0.5) is 0 Å². The van der Waals surface area contributed by atoms with Crippen LogP contribution in [0.25, 0.3) is 0 Å². The van der Waals surface area contributed by atoms with Crippen LogP contribution in [0.5, 0.6) is 0 Å². The predicted octanol–water partition coefficient (Wildman–Crippen LogP) is 1.19. The van der Waals surface area contributed by atoms with Gasteiger partial charge >= 0.3 is 5.97 Å².